The summed E-state index contributed by atoms with van der Waals surface area (Å²) in [6.07, 6.45) is 3.16. The molecule has 5 nitrogen and oxygen atoms in total. The first-order valence-corrected chi connectivity index (χ1v) is 8.47. The number of hydrogen-bond donors (Lipinski definition) is 1. The summed E-state index contributed by atoms with van der Waals surface area (Å²) in [6, 6.07) is 8.36. The van der Waals surface area contributed by atoms with E-state index in [2.05, 4.69) is 29.2 Å². The molecular formula is C19H26N2O3. The Morgan fingerprint density at radius 1 is 1.42 bits per heavy atom. The molecule has 1 aliphatic rings. The van der Waals surface area contributed by atoms with Gasteiger partial charge in [0, 0.05) is 38.3 Å². The number of methoxy groups -OCH3 is 1. The third-order valence-electron chi connectivity index (χ3n) is 4.43. The van der Waals surface area contributed by atoms with Gasteiger partial charge in [-0.25, -0.2) is 0 Å². The van der Waals surface area contributed by atoms with Gasteiger partial charge in [-0.2, -0.15) is 0 Å². The first-order chi connectivity index (χ1) is 11.5. The highest BCUT2D eigenvalue weighted by atomic mass is 16.5. The van der Waals surface area contributed by atoms with Gasteiger partial charge in [-0.15, -0.1) is 0 Å². The Morgan fingerprint density at radius 2 is 2.25 bits per heavy atom. The van der Waals surface area contributed by atoms with Crippen LogP contribution >= 0.6 is 0 Å². The van der Waals surface area contributed by atoms with Crippen molar-refractivity contribution in [3.63, 3.8) is 0 Å². The Balaban J connectivity index is 1.60. The van der Waals surface area contributed by atoms with Crippen LogP contribution in [0.3, 0.4) is 0 Å². The first-order valence-electron chi connectivity index (χ1n) is 8.47. The summed E-state index contributed by atoms with van der Waals surface area (Å²) < 4.78 is 11.2. The van der Waals surface area contributed by atoms with Crippen LogP contribution in [0.15, 0.2) is 30.5 Å². The van der Waals surface area contributed by atoms with Gasteiger partial charge < -0.3 is 19.4 Å². The van der Waals surface area contributed by atoms with E-state index in [9.17, 15) is 4.79 Å². The molecule has 1 N–H and O–H groups in total. The molecule has 1 aliphatic heterocycles. The molecule has 1 atom stereocenters. The van der Waals surface area contributed by atoms with Crippen LogP contribution < -0.4 is 0 Å². The van der Waals surface area contributed by atoms with E-state index in [-0.39, 0.29) is 17.6 Å². The van der Waals surface area contributed by atoms with E-state index >= 15 is 0 Å². The van der Waals surface area contributed by atoms with Crippen LogP contribution in [0.5, 0.6) is 0 Å². The van der Waals surface area contributed by atoms with Crippen molar-refractivity contribution in [3.8, 4) is 0 Å². The number of nitrogens with one attached hydrogen (secondary N) is 1. The average molecular weight is 330 g/mol. The predicted octanol–water partition coefficient (Wildman–Crippen LogP) is 2.75. The number of fused-ring (bicyclic) bond motifs is 1. The Morgan fingerprint density at radius 3 is 3.04 bits per heavy atom. The number of carbonyl (C=O) groups excluding carboxylic acids is 1. The van der Waals surface area contributed by atoms with Crippen molar-refractivity contribution in [2.24, 2.45) is 0 Å². The zero-order valence-corrected chi connectivity index (χ0v) is 14.7. The van der Waals surface area contributed by atoms with Gasteiger partial charge >= 0.3 is 0 Å². The van der Waals surface area contributed by atoms with E-state index in [4.69, 9.17) is 9.47 Å². The maximum Gasteiger partial charge on any atom is 0.223 e. The predicted molar refractivity (Wildman–Crippen MR) is 94.0 cm³/mol. The van der Waals surface area contributed by atoms with Gasteiger partial charge in [-0.3, -0.25) is 4.79 Å². The summed E-state index contributed by atoms with van der Waals surface area (Å²) in [5, 5.41) is 1.19. The number of amides is 1. The molecule has 3 rings (SSSR count). The fourth-order valence-corrected chi connectivity index (χ4v) is 3.43. The number of H-pyrrole nitrogens is 1. The fraction of sp³-hybridized carbons (Fsp3) is 0.526. The van der Waals surface area contributed by atoms with Crippen LogP contribution in [0.4, 0.5) is 0 Å². The molecule has 0 aliphatic carbocycles. The summed E-state index contributed by atoms with van der Waals surface area (Å²) in [7, 11) is 1.66. The van der Waals surface area contributed by atoms with Gasteiger partial charge in [0.1, 0.15) is 0 Å². The number of rotatable bonds is 5. The lowest BCUT2D eigenvalue weighted by Gasteiger charge is -2.42. The first kappa shape index (κ1) is 17.0. The molecule has 1 saturated heterocycles. The number of aryl methyl sites for hydroxylation is 1. The minimum atomic E-state index is -0.332. The van der Waals surface area contributed by atoms with Crippen molar-refractivity contribution in [3.05, 3.63) is 36.0 Å². The number of morpholine rings is 1. The van der Waals surface area contributed by atoms with E-state index in [1.165, 1.54) is 10.9 Å². The number of benzene rings is 1. The molecule has 1 aromatic carbocycles. The minimum Gasteiger partial charge on any atom is -0.382 e. The van der Waals surface area contributed by atoms with Crippen molar-refractivity contribution < 1.29 is 14.3 Å². The van der Waals surface area contributed by atoms with E-state index < -0.39 is 0 Å². The average Bonchev–Trinajstić information content (AvgIpc) is 2.99. The quantitative estimate of drug-likeness (QED) is 0.917. The Hall–Kier alpha value is -1.85. The number of carbonyl (C=O) groups is 1. The molecule has 0 spiro atoms. The molecule has 1 aromatic heterocycles. The molecular weight excluding hydrogens is 304 g/mol. The maximum atomic E-state index is 12.6. The number of aromatic amines is 1. The smallest absolute Gasteiger partial charge is 0.223 e. The Labute approximate surface area is 142 Å². The number of hydrogen-bond acceptors (Lipinski definition) is 3. The normalized spacial score (nSPS) is 20.5. The molecule has 1 amide bonds. The highest BCUT2D eigenvalue weighted by molar-refractivity contribution is 5.80. The largest absolute Gasteiger partial charge is 0.382 e. The van der Waals surface area contributed by atoms with Crippen LogP contribution in [0.1, 0.15) is 25.8 Å². The van der Waals surface area contributed by atoms with Crippen molar-refractivity contribution in [2.45, 2.75) is 38.4 Å². The van der Waals surface area contributed by atoms with Crippen LogP contribution in [-0.2, 0) is 20.7 Å². The molecule has 0 radical (unpaired) electrons. The van der Waals surface area contributed by atoms with Crippen LogP contribution in [0.25, 0.3) is 10.9 Å². The number of nitrogens with zero attached hydrogens (tertiary/aromatic N) is 1. The van der Waals surface area contributed by atoms with E-state index in [1.54, 1.807) is 7.11 Å². The SMILES string of the molecule is COCC1CN(C(=O)CCc2ccc3[nH]ccc3c2)CC(C)(C)O1. The summed E-state index contributed by atoms with van der Waals surface area (Å²) >= 11 is 0. The van der Waals surface area contributed by atoms with E-state index in [1.807, 2.05) is 24.9 Å². The highest BCUT2D eigenvalue weighted by Crippen LogP contribution is 2.22. The zero-order valence-electron chi connectivity index (χ0n) is 14.7. The second kappa shape index (κ2) is 6.95. The lowest BCUT2D eigenvalue weighted by Crippen LogP contribution is -2.55. The minimum absolute atomic E-state index is 0.0566. The van der Waals surface area contributed by atoms with Crippen LogP contribution in [-0.4, -0.2) is 54.3 Å². The lowest BCUT2D eigenvalue weighted by atomic mass is 10.0. The van der Waals surface area contributed by atoms with Gasteiger partial charge in [-0.1, -0.05) is 6.07 Å². The standard InChI is InChI=1S/C19H26N2O3/c1-19(2)13-21(11-16(24-19)12-23-3)18(22)7-5-14-4-6-17-15(10-14)8-9-20-17/h4,6,8-10,16,20H,5,7,11-13H2,1-3H3. The van der Waals surface area contributed by atoms with Gasteiger partial charge in [0.15, 0.2) is 0 Å². The molecule has 2 aromatic rings. The number of aromatic nitrogens is 1. The molecule has 0 bridgehead atoms. The van der Waals surface area contributed by atoms with E-state index in [0.29, 0.717) is 26.1 Å². The maximum absolute atomic E-state index is 12.6. The van der Waals surface area contributed by atoms with Gasteiger partial charge in [0.2, 0.25) is 5.91 Å². The topological polar surface area (TPSA) is 54.6 Å². The Kier molecular flexibility index (Phi) is 4.92. The third kappa shape index (κ3) is 3.97. The van der Waals surface area contributed by atoms with E-state index in [0.717, 1.165) is 11.9 Å². The second-order valence-electron chi connectivity index (χ2n) is 7.13. The second-order valence-corrected chi connectivity index (χ2v) is 7.13. The molecule has 5 heteroatoms. The monoisotopic (exact) mass is 330 g/mol. The summed E-state index contributed by atoms with van der Waals surface area (Å²) in [5.41, 5.74) is 1.99. The summed E-state index contributed by atoms with van der Waals surface area (Å²) in [5.74, 6) is 0.182. The van der Waals surface area contributed by atoms with Crippen molar-refractivity contribution >= 4 is 16.8 Å². The van der Waals surface area contributed by atoms with Crippen molar-refractivity contribution in [1.82, 2.24) is 9.88 Å². The highest BCUT2D eigenvalue weighted by Gasteiger charge is 2.35. The van der Waals surface area contributed by atoms with Crippen LogP contribution in [0.2, 0.25) is 0 Å². The Bertz CT molecular complexity index is 707. The fourth-order valence-electron chi connectivity index (χ4n) is 3.43. The van der Waals surface area contributed by atoms with Crippen LogP contribution in [0, 0.1) is 0 Å². The van der Waals surface area contributed by atoms with Gasteiger partial charge in [0.25, 0.3) is 0 Å². The molecule has 2 heterocycles. The van der Waals surface area contributed by atoms with Gasteiger partial charge in [-0.05, 0) is 49.4 Å². The lowest BCUT2D eigenvalue weighted by molar-refractivity contribution is -0.168. The van der Waals surface area contributed by atoms with Crippen molar-refractivity contribution in [2.75, 3.05) is 26.8 Å². The zero-order chi connectivity index (χ0) is 17.2. The molecule has 24 heavy (non-hydrogen) atoms. The van der Waals surface area contributed by atoms with Gasteiger partial charge in [0.05, 0.1) is 18.3 Å². The molecule has 1 fully saturated rings. The third-order valence-corrected chi connectivity index (χ3v) is 4.43. The molecule has 1 unspecified atom stereocenters. The van der Waals surface area contributed by atoms with Crippen molar-refractivity contribution in [1.29, 1.82) is 0 Å². The number of ether oxygens (including phenoxy) is 2. The summed E-state index contributed by atoms with van der Waals surface area (Å²) in [4.78, 5) is 17.8. The molecule has 130 valence electrons. The summed E-state index contributed by atoms with van der Waals surface area (Å²) in [6.45, 7) is 5.79. The molecule has 0 saturated carbocycles.